The number of esters is 1. The molecule has 1 fully saturated rings. The van der Waals surface area contributed by atoms with Gasteiger partial charge in [-0.2, -0.15) is 0 Å². The number of halogens is 1. The van der Waals surface area contributed by atoms with Crippen molar-refractivity contribution in [3.63, 3.8) is 0 Å². The molecule has 0 saturated carbocycles. The van der Waals surface area contributed by atoms with Gasteiger partial charge in [-0.3, -0.25) is 19.3 Å². The van der Waals surface area contributed by atoms with Gasteiger partial charge in [0.15, 0.2) is 6.61 Å². The summed E-state index contributed by atoms with van der Waals surface area (Å²) in [5, 5.41) is 3.01. The van der Waals surface area contributed by atoms with E-state index in [2.05, 4.69) is 5.32 Å². The molecule has 3 amide bonds. The number of allylic oxidation sites excluding steroid dienone is 2. The molecule has 2 aliphatic rings. The first-order valence-corrected chi connectivity index (χ1v) is 9.00. The summed E-state index contributed by atoms with van der Waals surface area (Å²) in [6.45, 7) is 0.901. The first-order valence-electron chi connectivity index (χ1n) is 8.62. The Balaban J connectivity index is 1.55. The maximum atomic E-state index is 12.5. The molecule has 3 rings (SSSR count). The van der Waals surface area contributed by atoms with E-state index in [1.165, 1.54) is 6.92 Å². The van der Waals surface area contributed by atoms with Crippen LogP contribution in [-0.4, -0.2) is 41.2 Å². The molecule has 1 N–H and O–H groups in total. The van der Waals surface area contributed by atoms with Gasteiger partial charge in [0.1, 0.15) is 6.04 Å². The minimum Gasteiger partial charge on any atom is -0.454 e. The topological polar surface area (TPSA) is 92.8 Å². The van der Waals surface area contributed by atoms with E-state index in [9.17, 15) is 19.2 Å². The van der Waals surface area contributed by atoms with Gasteiger partial charge in [-0.1, -0.05) is 29.8 Å². The lowest BCUT2D eigenvalue weighted by molar-refractivity contribution is -0.159. The average Bonchev–Trinajstić information content (AvgIpc) is 2.90. The Kier molecular flexibility index (Phi) is 5.60. The van der Waals surface area contributed by atoms with Crippen molar-refractivity contribution < 1.29 is 23.9 Å². The van der Waals surface area contributed by atoms with Gasteiger partial charge in [-0.15, -0.1) is 0 Å². The molecular formula is C19H19ClN2O5. The van der Waals surface area contributed by atoms with Crippen LogP contribution in [0.3, 0.4) is 0 Å². The number of anilines is 1. The molecular weight excluding hydrogens is 372 g/mol. The molecule has 0 bridgehead atoms. The average molecular weight is 391 g/mol. The monoisotopic (exact) mass is 390 g/mol. The van der Waals surface area contributed by atoms with Gasteiger partial charge < -0.3 is 10.1 Å². The number of benzene rings is 1. The number of imide groups is 1. The van der Waals surface area contributed by atoms with Gasteiger partial charge in [-0.05, 0) is 38.0 Å². The van der Waals surface area contributed by atoms with Crippen molar-refractivity contribution in [1.82, 2.24) is 4.90 Å². The molecule has 142 valence electrons. The summed E-state index contributed by atoms with van der Waals surface area (Å²) in [6.07, 6.45) is 4.74. The molecule has 1 saturated heterocycles. The minimum absolute atomic E-state index is 0.359. The molecule has 0 spiro atoms. The molecule has 1 aromatic rings. The Bertz CT molecular complexity index is 796. The molecule has 27 heavy (non-hydrogen) atoms. The third kappa shape index (κ3) is 4.03. The fourth-order valence-corrected chi connectivity index (χ4v) is 3.52. The predicted octanol–water partition coefficient (Wildman–Crippen LogP) is 2.16. The van der Waals surface area contributed by atoms with Crippen LogP contribution in [0.5, 0.6) is 0 Å². The van der Waals surface area contributed by atoms with Crippen molar-refractivity contribution in [2.24, 2.45) is 11.8 Å². The third-order valence-corrected chi connectivity index (χ3v) is 4.96. The molecule has 1 aliphatic carbocycles. The van der Waals surface area contributed by atoms with Gasteiger partial charge >= 0.3 is 5.97 Å². The van der Waals surface area contributed by atoms with E-state index in [-0.39, 0.29) is 11.8 Å². The van der Waals surface area contributed by atoms with E-state index in [0.29, 0.717) is 23.6 Å². The Morgan fingerprint density at radius 2 is 1.85 bits per heavy atom. The lowest BCUT2D eigenvalue weighted by Gasteiger charge is -2.21. The largest absolute Gasteiger partial charge is 0.454 e. The highest BCUT2D eigenvalue weighted by molar-refractivity contribution is 6.30. The van der Waals surface area contributed by atoms with E-state index < -0.39 is 36.4 Å². The van der Waals surface area contributed by atoms with Crippen LogP contribution < -0.4 is 5.32 Å². The van der Waals surface area contributed by atoms with E-state index >= 15 is 0 Å². The lowest BCUT2D eigenvalue weighted by Crippen LogP contribution is -2.45. The molecule has 0 radical (unpaired) electrons. The fraction of sp³-hybridized carbons (Fsp3) is 0.368. The van der Waals surface area contributed by atoms with E-state index in [1.807, 2.05) is 12.2 Å². The van der Waals surface area contributed by atoms with Crippen LogP contribution >= 0.6 is 11.6 Å². The number of fused-ring (bicyclic) bond motifs is 1. The zero-order valence-electron chi connectivity index (χ0n) is 14.7. The fourth-order valence-electron chi connectivity index (χ4n) is 3.33. The van der Waals surface area contributed by atoms with E-state index in [1.54, 1.807) is 24.3 Å². The van der Waals surface area contributed by atoms with Crippen molar-refractivity contribution in [2.75, 3.05) is 11.9 Å². The smallest absolute Gasteiger partial charge is 0.329 e. The highest BCUT2D eigenvalue weighted by Crippen LogP contribution is 2.36. The number of nitrogens with zero attached hydrogens (tertiary/aromatic N) is 1. The maximum Gasteiger partial charge on any atom is 0.329 e. The molecule has 0 aromatic heterocycles. The number of carbonyl (C=O) groups excluding carboxylic acids is 4. The van der Waals surface area contributed by atoms with Crippen molar-refractivity contribution in [1.29, 1.82) is 0 Å². The van der Waals surface area contributed by atoms with Crippen molar-refractivity contribution >= 4 is 41.0 Å². The van der Waals surface area contributed by atoms with Gasteiger partial charge in [0.25, 0.3) is 5.91 Å². The quantitative estimate of drug-likeness (QED) is 0.472. The first kappa shape index (κ1) is 19.1. The van der Waals surface area contributed by atoms with Crippen LogP contribution in [0.2, 0.25) is 5.02 Å². The lowest BCUT2D eigenvalue weighted by atomic mass is 9.85. The summed E-state index contributed by atoms with van der Waals surface area (Å²) in [7, 11) is 0. The van der Waals surface area contributed by atoms with E-state index in [4.69, 9.17) is 16.3 Å². The zero-order valence-corrected chi connectivity index (χ0v) is 15.4. The maximum absolute atomic E-state index is 12.5. The number of ether oxygens (including phenoxy) is 1. The molecule has 1 heterocycles. The normalized spacial score (nSPS) is 22.4. The standard InChI is InChI=1S/C19H19ClN2O5/c1-11(22-17(24)14-7-2-3-8-15(14)18(22)25)19(26)27-10-16(23)21-13-6-4-5-12(20)9-13/h2-6,9,11,14-15H,7-8,10H2,1H3,(H,21,23)/t11-,14-,15+/m0/s1. The second kappa shape index (κ2) is 7.92. The van der Waals surface area contributed by atoms with Crippen LogP contribution in [-0.2, 0) is 23.9 Å². The number of rotatable bonds is 5. The predicted molar refractivity (Wildman–Crippen MR) is 97.7 cm³/mol. The minimum atomic E-state index is -1.07. The molecule has 8 heteroatoms. The van der Waals surface area contributed by atoms with Gasteiger partial charge in [-0.25, -0.2) is 4.79 Å². The summed E-state index contributed by atoms with van der Waals surface area (Å²) in [5.74, 6) is -2.89. The number of hydrogen-bond donors (Lipinski definition) is 1. The third-order valence-electron chi connectivity index (χ3n) is 4.72. The van der Waals surface area contributed by atoms with E-state index in [0.717, 1.165) is 4.90 Å². The van der Waals surface area contributed by atoms with Crippen molar-refractivity contribution in [3.05, 3.63) is 41.4 Å². The molecule has 1 aliphatic heterocycles. The van der Waals surface area contributed by atoms with Crippen molar-refractivity contribution in [2.45, 2.75) is 25.8 Å². The zero-order chi connectivity index (χ0) is 19.6. The number of nitrogens with one attached hydrogen (secondary N) is 1. The SMILES string of the molecule is C[C@@H](C(=O)OCC(=O)Nc1cccc(Cl)c1)N1C(=O)[C@H]2CC=CC[C@H]2C1=O. The Hall–Kier alpha value is -2.67. The highest BCUT2D eigenvalue weighted by atomic mass is 35.5. The number of carbonyl (C=O) groups is 4. The van der Waals surface area contributed by atoms with Crippen LogP contribution in [0, 0.1) is 11.8 Å². The number of likely N-dealkylation sites (tertiary alicyclic amines) is 1. The number of hydrogen-bond acceptors (Lipinski definition) is 5. The summed E-state index contributed by atoms with van der Waals surface area (Å²) in [6, 6.07) is 5.46. The summed E-state index contributed by atoms with van der Waals surface area (Å²) in [4.78, 5) is 50.1. The van der Waals surface area contributed by atoms with Gasteiger partial charge in [0.2, 0.25) is 11.8 Å². The molecule has 0 unspecified atom stereocenters. The molecule has 1 aromatic carbocycles. The Morgan fingerprint density at radius 3 is 2.44 bits per heavy atom. The summed E-state index contributed by atoms with van der Waals surface area (Å²) < 4.78 is 4.98. The molecule has 7 nitrogen and oxygen atoms in total. The number of amides is 3. The second-order valence-corrected chi connectivity index (χ2v) is 6.98. The molecule has 3 atom stereocenters. The van der Waals surface area contributed by atoms with Crippen LogP contribution in [0.15, 0.2) is 36.4 Å². The van der Waals surface area contributed by atoms with Crippen LogP contribution in [0.4, 0.5) is 5.69 Å². The summed E-state index contributed by atoms with van der Waals surface area (Å²) >= 11 is 5.84. The Morgan fingerprint density at radius 1 is 1.22 bits per heavy atom. The van der Waals surface area contributed by atoms with Crippen molar-refractivity contribution in [3.8, 4) is 0 Å². The van der Waals surface area contributed by atoms with Gasteiger partial charge in [0, 0.05) is 10.7 Å². The summed E-state index contributed by atoms with van der Waals surface area (Å²) in [5.41, 5.74) is 0.470. The van der Waals surface area contributed by atoms with Gasteiger partial charge in [0.05, 0.1) is 11.8 Å². The second-order valence-electron chi connectivity index (χ2n) is 6.54. The Labute approximate surface area is 161 Å². The van der Waals surface area contributed by atoms with Crippen LogP contribution in [0.25, 0.3) is 0 Å². The highest BCUT2D eigenvalue weighted by Gasteiger charge is 2.50. The first-order chi connectivity index (χ1) is 12.9. The van der Waals surface area contributed by atoms with Crippen LogP contribution in [0.1, 0.15) is 19.8 Å².